The summed E-state index contributed by atoms with van der Waals surface area (Å²) in [6.07, 6.45) is 2.10. The molecule has 1 unspecified atom stereocenters. The van der Waals surface area contributed by atoms with E-state index in [1.165, 1.54) is 11.6 Å². The van der Waals surface area contributed by atoms with Gasteiger partial charge in [0.15, 0.2) is 6.61 Å². The molecule has 0 saturated heterocycles. The molecule has 1 N–H and O–H groups in total. The average Bonchev–Trinajstić information content (AvgIpc) is 2.87. The second-order valence-electron chi connectivity index (χ2n) is 7.30. The first-order valence-corrected chi connectivity index (χ1v) is 10.7. The smallest absolute Gasteiger partial charge is 0.349 e. The van der Waals surface area contributed by atoms with Crippen molar-refractivity contribution in [1.82, 2.24) is 0 Å². The van der Waals surface area contributed by atoms with Gasteiger partial charge in [-0.15, -0.1) is 0 Å². The van der Waals surface area contributed by atoms with Gasteiger partial charge in [0, 0.05) is 6.08 Å². The standard InChI is InChI=1S/C28H26O6/c1-4-19-17-22(11-16-25(19)21-9-14-23(15-10-21)33-27(30)6-3)20-7-12-24(13-8-20)34-28(31)18-32-26(29)5-2/h5-17,27,30H,2-4,18H2,1H3. The lowest BCUT2D eigenvalue weighted by Crippen LogP contribution is -2.17. The molecular formula is C28H26O6. The highest BCUT2D eigenvalue weighted by Gasteiger charge is 2.10. The quantitative estimate of drug-likeness (QED) is 0.150. The molecule has 0 fully saturated rings. The van der Waals surface area contributed by atoms with Crippen LogP contribution < -0.4 is 9.47 Å². The van der Waals surface area contributed by atoms with Crippen LogP contribution in [0.15, 0.2) is 92.0 Å². The minimum absolute atomic E-state index is 0.361. The molecule has 174 valence electrons. The summed E-state index contributed by atoms with van der Waals surface area (Å²) in [5.41, 5.74) is 5.34. The summed E-state index contributed by atoms with van der Waals surface area (Å²) >= 11 is 0. The SMILES string of the molecule is C=CC(=O)OCC(=O)Oc1ccc(-c2ccc(-c3ccc(OC(O)C=C)cc3)c(CC)c2)cc1. The van der Waals surface area contributed by atoms with Crippen LogP contribution in [0.3, 0.4) is 0 Å². The molecule has 34 heavy (non-hydrogen) atoms. The topological polar surface area (TPSA) is 82.1 Å². The maximum Gasteiger partial charge on any atom is 0.349 e. The fraction of sp³-hybridized carbons (Fsp3) is 0.143. The highest BCUT2D eigenvalue weighted by atomic mass is 16.6. The van der Waals surface area contributed by atoms with Gasteiger partial charge in [0.05, 0.1) is 0 Å². The van der Waals surface area contributed by atoms with Gasteiger partial charge in [0.2, 0.25) is 6.29 Å². The number of carbonyl (C=O) groups is 2. The number of rotatable bonds is 10. The van der Waals surface area contributed by atoms with Crippen molar-refractivity contribution >= 4 is 11.9 Å². The van der Waals surface area contributed by atoms with Gasteiger partial charge in [0.25, 0.3) is 0 Å². The molecule has 3 rings (SSSR count). The van der Waals surface area contributed by atoms with E-state index >= 15 is 0 Å². The Hall–Kier alpha value is -4.16. The van der Waals surface area contributed by atoms with Crippen molar-refractivity contribution in [2.45, 2.75) is 19.6 Å². The first-order valence-electron chi connectivity index (χ1n) is 10.7. The van der Waals surface area contributed by atoms with Crippen molar-refractivity contribution in [3.8, 4) is 33.8 Å². The predicted octanol–water partition coefficient (Wildman–Crippen LogP) is 5.10. The highest BCUT2D eigenvalue weighted by Crippen LogP contribution is 2.31. The molecule has 0 aliphatic carbocycles. The van der Waals surface area contributed by atoms with Crippen LogP contribution in [0.1, 0.15) is 12.5 Å². The van der Waals surface area contributed by atoms with Gasteiger partial charge < -0.3 is 19.3 Å². The number of aliphatic hydroxyl groups is 1. The van der Waals surface area contributed by atoms with E-state index in [2.05, 4.69) is 37.0 Å². The number of aryl methyl sites for hydroxylation is 1. The minimum atomic E-state index is -1.04. The van der Waals surface area contributed by atoms with Crippen LogP contribution in [-0.4, -0.2) is 29.9 Å². The first-order chi connectivity index (χ1) is 16.4. The molecule has 6 nitrogen and oxygen atoms in total. The van der Waals surface area contributed by atoms with Gasteiger partial charge in [-0.25, -0.2) is 9.59 Å². The van der Waals surface area contributed by atoms with Gasteiger partial charge in [-0.1, -0.05) is 62.5 Å². The molecule has 0 heterocycles. The molecule has 6 heteroatoms. The molecule has 3 aromatic rings. The molecular weight excluding hydrogens is 432 g/mol. The van der Waals surface area contributed by atoms with E-state index in [9.17, 15) is 14.7 Å². The molecule has 0 aromatic heterocycles. The third kappa shape index (κ3) is 6.43. The Balaban J connectivity index is 1.72. The molecule has 3 aromatic carbocycles. The Bertz CT molecular complexity index is 1160. The van der Waals surface area contributed by atoms with E-state index in [1.54, 1.807) is 12.1 Å². The monoisotopic (exact) mass is 458 g/mol. The first kappa shape index (κ1) is 24.5. The normalized spacial score (nSPS) is 11.2. The van der Waals surface area contributed by atoms with Crippen molar-refractivity contribution < 1.29 is 28.9 Å². The summed E-state index contributed by atoms with van der Waals surface area (Å²) in [5.74, 6) is -0.431. The molecule has 0 radical (unpaired) electrons. The zero-order chi connectivity index (χ0) is 24.5. The Kier molecular flexibility index (Phi) is 8.37. The van der Waals surface area contributed by atoms with Crippen molar-refractivity contribution in [3.05, 3.63) is 97.6 Å². The summed E-state index contributed by atoms with van der Waals surface area (Å²) < 4.78 is 15.2. The van der Waals surface area contributed by atoms with Gasteiger partial charge in [-0.3, -0.25) is 0 Å². The van der Waals surface area contributed by atoms with Gasteiger partial charge >= 0.3 is 11.9 Å². The van der Waals surface area contributed by atoms with Crippen molar-refractivity contribution in [3.63, 3.8) is 0 Å². The fourth-order valence-corrected chi connectivity index (χ4v) is 3.31. The average molecular weight is 459 g/mol. The summed E-state index contributed by atoms with van der Waals surface area (Å²) in [5, 5.41) is 9.55. The lowest BCUT2D eigenvalue weighted by molar-refractivity contribution is -0.150. The van der Waals surface area contributed by atoms with Crippen LogP contribution in [-0.2, 0) is 20.7 Å². The van der Waals surface area contributed by atoms with E-state index in [4.69, 9.17) is 9.47 Å². The van der Waals surface area contributed by atoms with Crippen LogP contribution >= 0.6 is 0 Å². The van der Waals surface area contributed by atoms with Crippen LogP contribution in [0.5, 0.6) is 11.5 Å². The molecule has 0 saturated carbocycles. The molecule has 0 spiro atoms. The van der Waals surface area contributed by atoms with Crippen LogP contribution in [0.4, 0.5) is 0 Å². The number of hydrogen-bond acceptors (Lipinski definition) is 6. The third-order valence-electron chi connectivity index (χ3n) is 5.03. The number of hydrogen-bond donors (Lipinski definition) is 1. The molecule has 0 aliphatic rings. The van der Waals surface area contributed by atoms with Crippen molar-refractivity contribution in [2.75, 3.05) is 6.61 Å². The number of ether oxygens (including phenoxy) is 3. The maximum atomic E-state index is 11.8. The summed E-state index contributed by atoms with van der Waals surface area (Å²) in [6.45, 7) is 8.39. The Morgan fingerprint density at radius 2 is 1.53 bits per heavy atom. The minimum Gasteiger partial charge on any atom is -0.461 e. The van der Waals surface area contributed by atoms with Crippen LogP contribution in [0.2, 0.25) is 0 Å². The van der Waals surface area contributed by atoms with Crippen LogP contribution in [0, 0.1) is 0 Å². The zero-order valence-electron chi connectivity index (χ0n) is 18.9. The number of aliphatic hydroxyl groups excluding tert-OH is 1. The van der Waals surface area contributed by atoms with E-state index in [1.807, 2.05) is 42.5 Å². The number of benzene rings is 3. The molecule has 0 amide bonds. The third-order valence-corrected chi connectivity index (χ3v) is 5.03. The largest absolute Gasteiger partial charge is 0.461 e. The second kappa shape index (κ2) is 11.6. The Morgan fingerprint density at radius 3 is 2.15 bits per heavy atom. The van der Waals surface area contributed by atoms with E-state index < -0.39 is 24.8 Å². The van der Waals surface area contributed by atoms with Gasteiger partial charge in [-0.05, 0) is 64.6 Å². The van der Waals surface area contributed by atoms with Gasteiger partial charge in [-0.2, -0.15) is 0 Å². The highest BCUT2D eigenvalue weighted by molar-refractivity contribution is 5.84. The molecule has 0 aliphatic heterocycles. The molecule has 0 bridgehead atoms. The Morgan fingerprint density at radius 1 is 0.912 bits per heavy atom. The van der Waals surface area contributed by atoms with E-state index in [0.29, 0.717) is 11.5 Å². The fourth-order valence-electron chi connectivity index (χ4n) is 3.31. The zero-order valence-corrected chi connectivity index (χ0v) is 18.9. The van der Waals surface area contributed by atoms with Crippen molar-refractivity contribution in [1.29, 1.82) is 0 Å². The number of carbonyl (C=O) groups excluding carboxylic acids is 2. The van der Waals surface area contributed by atoms with E-state index in [0.717, 1.165) is 34.8 Å². The van der Waals surface area contributed by atoms with E-state index in [-0.39, 0.29) is 0 Å². The number of esters is 2. The summed E-state index contributed by atoms with van der Waals surface area (Å²) in [4.78, 5) is 22.8. The summed E-state index contributed by atoms with van der Waals surface area (Å²) in [6, 6.07) is 20.9. The maximum absolute atomic E-state index is 11.8. The van der Waals surface area contributed by atoms with Crippen LogP contribution in [0.25, 0.3) is 22.3 Å². The van der Waals surface area contributed by atoms with Crippen molar-refractivity contribution in [2.24, 2.45) is 0 Å². The molecule has 1 atom stereocenters. The van der Waals surface area contributed by atoms with Gasteiger partial charge in [0.1, 0.15) is 11.5 Å². The summed E-state index contributed by atoms with van der Waals surface area (Å²) in [7, 11) is 0. The predicted molar refractivity (Wildman–Crippen MR) is 130 cm³/mol. The Labute approximate surface area is 198 Å². The lowest BCUT2D eigenvalue weighted by Gasteiger charge is -2.13. The lowest BCUT2D eigenvalue weighted by atomic mass is 9.93. The second-order valence-corrected chi connectivity index (χ2v) is 7.30.